The number of aromatic amines is 1. The van der Waals surface area contributed by atoms with Crippen molar-refractivity contribution in [2.24, 2.45) is 0 Å². The minimum atomic E-state index is -1.02. The molecule has 0 aliphatic heterocycles. The molecule has 1 aromatic carbocycles. The van der Waals surface area contributed by atoms with Crippen molar-refractivity contribution in [3.8, 4) is 5.75 Å². The van der Waals surface area contributed by atoms with Gasteiger partial charge in [-0.1, -0.05) is 6.07 Å². The first-order valence-electron chi connectivity index (χ1n) is 5.33. The number of hydrogen-bond donors (Lipinski definition) is 3. The van der Waals surface area contributed by atoms with Gasteiger partial charge < -0.3 is 15.6 Å². The fourth-order valence-electron chi connectivity index (χ4n) is 1.62. The number of anilines is 1. The minimum absolute atomic E-state index is 0.0788. The van der Waals surface area contributed by atoms with E-state index in [1.165, 1.54) is 0 Å². The SMILES string of the molecule is Cc1[nH]nc(COc2cccc(N)c2)c1C(=O)O. The lowest BCUT2D eigenvalue weighted by Crippen LogP contribution is -2.05. The van der Waals surface area contributed by atoms with Crippen LogP contribution >= 0.6 is 0 Å². The number of carboxylic acid groups (broad SMARTS) is 1. The van der Waals surface area contributed by atoms with Gasteiger partial charge in [0.2, 0.25) is 0 Å². The number of aromatic carboxylic acids is 1. The molecule has 6 heteroatoms. The van der Waals surface area contributed by atoms with E-state index in [9.17, 15) is 4.79 Å². The van der Waals surface area contributed by atoms with Gasteiger partial charge in [0.25, 0.3) is 0 Å². The van der Waals surface area contributed by atoms with Gasteiger partial charge in [-0.05, 0) is 19.1 Å². The second-order valence-electron chi connectivity index (χ2n) is 3.84. The second-order valence-corrected chi connectivity index (χ2v) is 3.84. The highest BCUT2D eigenvalue weighted by Gasteiger charge is 2.17. The topological polar surface area (TPSA) is 101 Å². The van der Waals surface area contributed by atoms with E-state index in [-0.39, 0.29) is 12.2 Å². The Morgan fingerprint density at radius 2 is 2.33 bits per heavy atom. The number of nitrogens with one attached hydrogen (secondary N) is 1. The molecule has 0 aliphatic rings. The summed E-state index contributed by atoms with van der Waals surface area (Å²) in [5.74, 6) is -0.445. The maximum absolute atomic E-state index is 11.0. The highest BCUT2D eigenvalue weighted by Crippen LogP contribution is 2.17. The van der Waals surface area contributed by atoms with Gasteiger partial charge in [0, 0.05) is 17.4 Å². The largest absolute Gasteiger partial charge is 0.487 e. The number of H-pyrrole nitrogens is 1. The summed E-state index contributed by atoms with van der Waals surface area (Å²) in [5, 5.41) is 15.6. The summed E-state index contributed by atoms with van der Waals surface area (Å²) in [7, 11) is 0. The molecule has 0 amide bonds. The van der Waals surface area contributed by atoms with E-state index >= 15 is 0 Å². The lowest BCUT2D eigenvalue weighted by Gasteiger charge is -2.05. The van der Waals surface area contributed by atoms with Crippen LogP contribution in [0.25, 0.3) is 0 Å². The molecule has 0 aliphatic carbocycles. The Kier molecular flexibility index (Phi) is 3.18. The average molecular weight is 247 g/mol. The fraction of sp³-hybridized carbons (Fsp3) is 0.167. The molecule has 0 radical (unpaired) electrons. The molecule has 0 fully saturated rings. The average Bonchev–Trinajstić information content (AvgIpc) is 2.68. The highest BCUT2D eigenvalue weighted by molar-refractivity contribution is 5.90. The van der Waals surface area contributed by atoms with Gasteiger partial charge in [-0.3, -0.25) is 5.10 Å². The summed E-state index contributed by atoms with van der Waals surface area (Å²) >= 11 is 0. The zero-order valence-corrected chi connectivity index (χ0v) is 9.80. The third kappa shape index (κ3) is 2.42. The van der Waals surface area contributed by atoms with Gasteiger partial charge in [0.1, 0.15) is 23.6 Å². The second kappa shape index (κ2) is 4.79. The lowest BCUT2D eigenvalue weighted by atomic mass is 10.2. The summed E-state index contributed by atoms with van der Waals surface area (Å²) in [6, 6.07) is 6.92. The van der Waals surface area contributed by atoms with E-state index in [1.807, 2.05) is 0 Å². The molecule has 18 heavy (non-hydrogen) atoms. The number of hydrogen-bond acceptors (Lipinski definition) is 4. The Morgan fingerprint density at radius 1 is 1.56 bits per heavy atom. The molecule has 0 saturated heterocycles. The molecule has 1 aromatic heterocycles. The molecule has 0 unspecified atom stereocenters. The normalized spacial score (nSPS) is 10.3. The number of benzene rings is 1. The van der Waals surface area contributed by atoms with Gasteiger partial charge >= 0.3 is 5.97 Å². The molecular formula is C12H13N3O3. The first-order chi connectivity index (χ1) is 8.58. The van der Waals surface area contributed by atoms with Gasteiger partial charge in [0.05, 0.1) is 0 Å². The molecule has 2 rings (SSSR count). The molecule has 6 nitrogen and oxygen atoms in total. The van der Waals surface area contributed by atoms with Crippen molar-refractivity contribution in [2.45, 2.75) is 13.5 Å². The van der Waals surface area contributed by atoms with E-state index < -0.39 is 5.97 Å². The van der Waals surface area contributed by atoms with Gasteiger partial charge in [-0.2, -0.15) is 5.10 Å². The molecular weight excluding hydrogens is 234 g/mol. The molecule has 0 spiro atoms. The Hall–Kier alpha value is -2.50. The molecule has 0 bridgehead atoms. The Morgan fingerprint density at radius 3 is 3.00 bits per heavy atom. The van der Waals surface area contributed by atoms with Crippen molar-refractivity contribution < 1.29 is 14.6 Å². The van der Waals surface area contributed by atoms with E-state index in [0.717, 1.165) is 0 Å². The predicted octanol–water partition coefficient (Wildman–Crippen LogP) is 1.58. The summed E-state index contributed by atoms with van der Waals surface area (Å²) in [5.41, 5.74) is 7.22. The number of nitrogens with two attached hydrogens (primary N) is 1. The van der Waals surface area contributed by atoms with Crippen LogP contribution < -0.4 is 10.5 Å². The third-order valence-electron chi connectivity index (χ3n) is 2.47. The first kappa shape index (κ1) is 12.0. The van der Waals surface area contributed by atoms with E-state index in [4.69, 9.17) is 15.6 Å². The maximum atomic E-state index is 11.0. The van der Waals surface area contributed by atoms with Crippen molar-refractivity contribution in [3.63, 3.8) is 0 Å². The molecule has 94 valence electrons. The number of aryl methyl sites for hydroxylation is 1. The van der Waals surface area contributed by atoms with Gasteiger partial charge in [-0.15, -0.1) is 0 Å². The number of nitrogens with zero attached hydrogens (tertiary/aromatic N) is 1. The summed E-state index contributed by atoms with van der Waals surface area (Å²) in [6.45, 7) is 1.73. The summed E-state index contributed by atoms with van der Waals surface area (Å²) in [6.07, 6.45) is 0. The number of aromatic nitrogens is 2. The number of carbonyl (C=O) groups is 1. The van der Waals surface area contributed by atoms with Crippen LogP contribution in [0.2, 0.25) is 0 Å². The number of ether oxygens (including phenoxy) is 1. The Labute approximate surface area is 103 Å². The predicted molar refractivity (Wildman–Crippen MR) is 65.5 cm³/mol. The molecule has 4 N–H and O–H groups in total. The van der Waals surface area contributed by atoms with Crippen LogP contribution in [0.4, 0.5) is 5.69 Å². The first-order valence-corrected chi connectivity index (χ1v) is 5.33. The van der Waals surface area contributed by atoms with Crippen LogP contribution in [0.1, 0.15) is 21.7 Å². The number of rotatable bonds is 4. The van der Waals surface area contributed by atoms with Crippen LogP contribution in [-0.2, 0) is 6.61 Å². The minimum Gasteiger partial charge on any atom is -0.487 e. The van der Waals surface area contributed by atoms with Crippen LogP contribution in [0.15, 0.2) is 24.3 Å². The quantitative estimate of drug-likeness (QED) is 0.712. The van der Waals surface area contributed by atoms with E-state index in [1.54, 1.807) is 31.2 Å². The maximum Gasteiger partial charge on any atom is 0.339 e. The molecule has 0 atom stereocenters. The number of nitrogen functional groups attached to an aromatic ring is 1. The zero-order chi connectivity index (χ0) is 13.1. The third-order valence-corrected chi connectivity index (χ3v) is 2.47. The summed E-state index contributed by atoms with van der Waals surface area (Å²) in [4.78, 5) is 11.0. The smallest absolute Gasteiger partial charge is 0.339 e. The number of carboxylic acids is 1. The van der Waals surface area contributed by atoms with Crippen LogP contribution in [0.5, 0.6) is 5.75 Å². The van der Waals surface area contributed by atoms with E-state index in [0.29, 0.717) is 22.8 Å². The van der Waals surface area contributed by atoms with Crippen molar-refractivity contribution in [1.82, 2.24) is 10.2 Å². The van der Waals surface area contributed by atoms with Gasteiger partial charge in [0.15, 0.2) is 0 Å². The van der Waals surface area contributed by atoms with Crippen LogP contribution in [0.3, 0.4) is 0 Å². The fourth-order valence-corrected chi connectivity index (χ4v) is 1.62. The van der Waals surface area contributed by atoms with Crippen LogP contribution in [-0.4, -0.2) is 21.3 Å². The molecule has 2 aromatic rings. The van der Waals surface area contributed by atoms with Crippen molar-refractivity contribution in [1.29, 1.82) is 0 Å². The molecule has 1 heterocycles. The van der Waals surface area contributed by atoms with Crippen LogP contribution in [0, 0.1) is 6.92 Å². The summed E-state index contributed by atoms with van der Waals surface area (Å²) < 4.78 is 5.45. The Balaban J connectivity index is 2.13. The van der Waals surface area contributed by atoms with Crippen molar-refractivity contribution in [3.05, 3.63) is 41.2 Å². The van der Waals surface area contributed by atoms with E-state index in [2.05, 4.69) is 10.2 Å². The zero-order valence-electron chi connectivity index (χ0n) is 9.80. The van der Waals surface area contributed by atoms with Crippen molar-refractivity contribution in [2.75, 3.05) is 5.73 Å². The highest BCUT2D eigenvalue weighted by atomic mass is 16.5. The van der Waals surface area contributed by atoms with Crippen molar-refractivity contribution >= 4 is 11.7 Å². The standard InChI is InChI=1S/C12H13N3O3/c1-7-11(12(16)17)10(15-14-7)6-18-9-4-2-3-8(13)5-9/h2-5H,6,13H2,1H3,(H,14,15)(H,16,17). The van der Waals surface area contributed by atoms with Gasteiger partial charge in [-0.25, -0.2) is 4.79 Å². The Bertz CT molecular complexity index is 578. The lowest BCUT2D eigenvalue weighted by molar-refractivity contribution is 0.0693. The molecule has 0 saturated carbocycles. The monoisotopic (exact) mass is 247 g/mol.